The summed E-state index contributed by atoms with van der Waals surface area (Å²) in [5.41, 5.74) is 3.86. The molecule has 0 radical (unpaired) electrons. The van der Waals surface area contributed by atoms with Crippen molar-refractivity contribution >= 4 is 35.6 Å². The van der Waals surface area contributed by atoms with Crippen molar-refractivity contribution in [1.29, 1.82) is 0 Å². The molecule has 6 nitrogen and oxygen atoms in total. The van der Waals surface area contributed by atoms with Crippen molar-refractivity contribution in [2.75, 3.05) is 13.2 Å². The predicted octanol–water partition coefficient (Wildman–Crippen LogP) is 7.21. The van der Waals surface area contributed by atoms with Crippen LogP contribution in [0.25, 0.3) is 11.3 Å². The SMILES string of the molecule is CCOC(=O)c1cc2c(c(-c3ccccc3)n1)[C@@H](CCO[Si](c1ccccc1)(c1ccccc1)C(C)(C)C)N([S@](=O)C(C)(C)C)C2. The predicted molar refractivity (Wildman–Crippen MR) is 190 cm³/mol. The summed E-state index contributed by atoms with van der Waals surface area (Å²) in [5.74, 6) is -0.454. The van der Waals surface area contributed by atoms with Crippen LogP contribution in [0.2, 0.25) is 5.04 Å². The largest absolute Gasteiger partial charge is 0.461 e. The molecule has 46 heavy (non-hydrogen) atoms. The number of benzene rings is 3. The molecule has 1 aliphatic heterocycles. The lowest BCUT2D eigenvalue weighted by molar-refractivity contribution is 0.0519. The maximum absolute atomic E-state index is 14.2. The third-order valence-electron chi connectivity index (χ3n) is 8.55. The molecule has 1 aromatic heterocycles. The monoisotopic (exact) mass is 654 g/mol. The summed E-state index contributed by atoms with van der Waals surface area (Å²) < 4.78 is 28.4. The van der Waals surface area contributed by atoms with Crippen LogP contribution in [0, 0.1) is 0 Å². The molecule has 2 atom stereocenters. The molecular formula is C38H46N2O4SSi. The van der Waals surface area contributed by atoms with Gasteiger partial charge in [-0.2, -0.15) is 0 Å². The highest BCUT2D eigenvalue weighted by Crippen LogP contribution is 2.45. The number of carbonyl (C=O) groups excluding carboxylic acids is 1. The first kappa shape index (κ1) is 33.9. The van der Waals surface area contributed by atoms with Gasteiger partial charge in [-0.25, -0.2) is 18.3 Å². The summed E-state index contributed by atoms with van der Waals surface area (Å²) in [5, 5.41) is 2.28. The van der Waals surface area contributed by atoms with Gasteiger partial charge in [0.05, 0.1) is 23.1 Å². The Balaban J connectivity index is 1.61. The molecule has 8 heteroatoms. The number of esters is 1. The standard InChI is InChI=1S/C38H46N2O4SSi/c1-8-43-36(41)32-26-29-27-40(45(42)37(2,3)4)33(34(29)35(39-32)28-18-12-9-13-19-28)24-25-44-46(38(5,6)7,30-20-14-10-15-21-30)31-22-16-11-17-23-31/h9-23,26,33H,8,24-25,27H2,1-7H3/t33-,45-/m1/s1. The lowest BCUT2D eigenvalue weighted by Crippen LogP contribution is -2.66. The zero-order valence-corrected chi connectivity index (χ0v) is 29.9. The van der Waals surface area contributed by atoms with E-state index in [2.05, 4.69) is 73.6 Å². The highest BCUT2D eigenvalue weighted by Gasteiger charge is 2.50. The number of fused-ring (bicyclic) bond motifs is 1. The number of carbonyl (C=O) groups is 1. The van der Waals surface area contributed by atoms with Gasteiger partial charge in [0.15, 0.2) is 0 Å². The van der Waals surface area contributed by atoms with Crippen molar-refractivity contribution in [3.63, 3.8) is 0 Å². The first-order valence-electron chi connectivity index (χ1n) is 16.1. The minimum atomic E-state index is -2.78. The smallest absolute Gasteiger partial charge is 0.356 e. The van der Waals surface area contributed by atoms with E-state index in [1.54, 1.807) is 6.92 Å². The Kier molecular flexibility index (Phi) is 10.1. The first-order valence-corrected chi connectivity index (χ1v) is 19.1. The van der Waals surface area contributed by atoms with E-state index in [0.717, 1.165) is 22.4 Å². The molecule has 2 heterocycles. The number of ether oxygens (including phenoxy) is 1. The van der Waals surface area contributed by atoms with Crippen molar-refractivity contribution < 1.29 is 18.2 Å². The van der Waals surface area contributed by atoms with Gasteiger partial charge in [0.1, 0.15) is 16.7 Å². The summed E-state index contributed by atoms with van der Waals surface area (Å²) in [4.78, 5) is 17.9. The third kappa shape index (κ3) is 6.67. The molecule has 0 fully saturated rings. The average molecular weight is 655 g/mol. The van der Waals surface area contributed by atoms with E-state index in [-0.39, 0.29) is 23.4 Å². The minimum absolute atomic E-state index is 0.164. The van der Waals surface area contributed by atoms with E-state index in [1.807, 2.05) is 69.3 Å². The van der Waals surface area contributed by atoms with E-state index >= 15 is 0 Å². The van der Waals surface area contributed by atoms with E-state index in [1.165, 1.54) is 10.4 Å². The van der Waals surface area contributed by atoms with Gasteiger partial charge in [-0.05, 0) is 61.2 Å². The Bertz CT molecular complexity index is 1630. The second-order valence-corrected chi connectivity index (χ2v) is 20.3. The fourth-order valence-corrected chi connectivity index (χ4v) is 12.5. The second-order valence-electron chi connectivity index (χ2n) is 13.8. The number of rotatable bonds is 10. The third-order valence-corrected chi connectivity index (χ3v) is 15.4. The van der Waals surface area contributed by atoms with Crippen molar-refractivity contribution in [3.8, 4) is 11.3 Å². The molecule has 0 aliphatic carbocycles. The molecular weight excluding hydrogens is 609 g/mol. The average Bonchev–Trinajstić information content (AvgIpc) is 3.40. The van der Waals surface area contributed by atoms with E-state index in [9.17, 15) is 9.00 Å². The topological polar surface area (TPSA) is 68.7 Å². The number of nitrogens with zero attached hydrogens (tertiary/aromatic N) is 2. The van der Waals surface area contributed by atoms with Crippen molar-refractivity contribution in [2.45, 2.75) is 77.3 Å². The molecule has 0 saturated carbocycles. The zero-order valence-electron chi connectivity index (χ0n) is 28.1. The zero-order chi connectivity index (χ0) is 33.1. The summed E-state index contributed by atoms with van der Waals surface area (Å²) in [6.07, 6.45) is 0.611. The first-order chi connectivity index (χ1) is 21.9. The fourth-order valence-electron chi connectivity index (χ4n) is 6.56. The summed E-state index contributed by atoms with van der Waals surface area (Å²) in [6.45, 7) is 15.8. The Morgan fingerprint density at radius 1 is 0.891 bits per heavy atom. The second kappa shape index (κ2) is 13.7. The van der Waals surface area contributed by atoms with Gasteiger partial charge in [0, 0.05) is 24.3 Å². The van der Waals surface area contributed by atoms with E-state index in [4.69, 9.17) is 14.1 Å². The fraction of sp³-hybridized carbons (Fsp3) is 0.368. The van der Waals surface area contributed by atoms with Crippen LogP contribution >= 0.6 is 0 Å². The van der Waals surface area contributed by atoms with Crippen LogP contribution in [0.5, 0.6) is 0 Å². The molecule has 1 aliphatic rings. The number of hydrogen-bond acceptors (Lipinski definition) is 5. The highest BCUT2D eigenvalue weighted by atomic mass is 32.2. The van der Waals surface area contributed by atoms with Crippen LogP contribution in [0.4, 0.5) is 0 Å². The molecule has 5 rings (SSSR count). The van der Waals surface area contributed by atoms with Crippen LogP contribution in [0.1, 0.15) is 82.5 Å². The molecule has 0 amide bonds. The van der Waals surface area contributed by atoms with Gasteiger partial charge in [-0.15, -0.1) is 0 Å². The van der Waals surface area contributed by atoms with Crippen molar-refractivity contribution in [3.05, 3.63) is 114 Å². The summed E-state index contributed by atoms with van der Waals surface area (Å²) in [7, 11) is -4.10. The Morgan fingerprint density at radius 3 is 1.93 bits per heavy atom. The number of aromatic nitrogens is 1. The van der Waals surface area contributed by atoms with Gasteiger partial charge >= 0.3 is 5.97 Å². The molecule has 0 bridgehead atoms. The normalized spacial score (nSPS) is 16.2. The number of pyridine rings is 1. The van der Waals surface area contributed by atoms with Crippen LogP contribution in [-0.2, 0) is 26.7 Å². The molecule has 0 saturated heterocycles. The summed E-state index contributed by atoms with van der Waals surface area (Å²) >= 11 is 0. The van der Waals surface area contributed by atoms with Gasteiger partial charge in [-0.3, -0.25) is 0 Å². The highest BCUT2D eigenvalue weighted by molar-refractivity contribution is 7.84. The molecule has 0 unspecified atom stereocenters. The van der Waals surface area contributed by atoms with E-state index < -0.39 is 30.0 Å². The Labute approximate surface area is 277 Å². The number of hydrogen-bond donors (Lipinski definition) is 0. The molecule has 3 aromatic carbocycles. The summed E-state index contributed by atoms with van der Waals surface area (Å²) in [6, 6.07) is 32.8. The van der Waals surface area contributed by atoms with E-state index in [0.29, 0.717) is 19.6 Å². The van der Waals surface area contributed by atoms with Crippen LogP contribution < -0.4 is 10.4 Å². The van der Waals surface area contributed by atoms with Gasteiger partial charge in [0.2, 0.25) is 0 Å². The van der Waals surface area contributed by atoms with Gasteiger partial charge < -0.3 is 9.16 Å². The Hall–Kier alpha value is -3.43. The maximum Gasteiger partial charge on any atom is 0.356 e. The lowest BCUT2D eigenvalue weighted by Gasteiger charge is -2.43. The van der Waals surface area contributed by atoms with Crippen LogP contribution in [0.15, 0.2) is 97.1 Å². The molecule has 4 aromatic rings. The molecule has 0 N–H and O–H groups in total. The Morgan fingerprint density at radius 2 is 1.43 bits per heavy atom. The van der Waals surface area contributed by atoms with Crippen molar-refractivity contribution in [1.82, 2.24) is 9.29 Å². The van der Waals surface area contributed by atoms with Crippen molar-refractivity contribution in [2.24, 2.45) is 0 Å². The molecule has 242 valence electrons. The quantitative estimate of drug-likeness (QED) is 0.134. The van der Waals surface area contributed by atoms with Crippen LogP contribution in [-0.4, -0.2) is 45.7 Å². The van der Waals surface area contributed by atoms with Crippen LogP contribution in [0.3, 0.4) is 0 Å². The minimum Gasteiger partial charge on any atom is -0.461 e. The van der Waals surface area contributed by atoms with Gasteiger partial charge in [-0.1, -0.05) is 112 Å². The maximum atomic E-state index is 14.2. The lowest BCUT2D eigenvalue weighted by atomic mass is 9.96. The molecule has 0 spiro atoms. The van der Waals surface area contributed by atoms with Gasteiger partial charge in [0.25, 0.3) is 8.32 Å².